The van der Waals surface area contributed by atoms with E-state index < -0.39 is 36.0 Å². The molecule has 0 bridgehead atoms. The molecule has 5 amide bonds. The van der Waals surface area contributed by atoms with E-state index in [0.717, 1.165) is 4.90 Å². The molecule has 180 valence electrons. The summed E-state index contributed by atoms with van der Waals surface area (Å²) in [5.74, 6) is -1.26. The van der Waals surface area contributed by atoms with Crippen LogP contribution in [0.2, 0.25) is 0 Å². The normalized spacial score (nSPS) is 22.0. The highest BCUT2D eigenvalue weighted by atomic mass is 32.2. The molecule has 3 heterocycles. The Bertz CT molecular complexity index is 1080. The van der Waals surface area contributed by atoms with Gasteiger partial charge in [0.2, 0.25) is 11.8 Å². The lowest BCUT2D eigenvalue weighted by molar-refractivity contribution is -0.140. The molecule has 2 fully saturated rings. The van der Waals surface area contributed by atoms with Gasteiger partial charge in [-0.2, -0.15) is 0 Å². The summed E-state index contributed by atoms with van der Waals surface area (Å²) in [7, 11) is 0. The van der Waals surface area contributed by atoms with Crippen molar-refractivity contribution in [1.82, 2.24) is 15.1 Å². The molecule has 10 nitrogen and oxygen atoms in total. The molecule has 0 spiro atoms. The van der Waals surface area contributed by atoms with E-state index >= 15 is 0 Å². The molecule has 4 rings (SSSR count). The molecule has 0 aliphatic carbocycles. The average Bonchev–Trinajstić information content (AvgIpc) is 3.59. The van der Waals surface area contributed by atoms with Crippen molar-refractivity contribution < 1.29 is 23.6 Å². The van der Waals surface area contributed by atoms with Crippen LogP contribution in [0, 0.1) is 0 Å². The predicted molar refractivity (Wildman–Crippen MR) is 126 cm³/mol. The SMILES string of the molecule is CSc1cccc(NC(=O)N[C@H]2C[C@@H](C(=O)N3CCC[C@@H]3C(N)=O)N(C(=O)c3ccco3)C2)c1. The van der Waals surface area contributed by atoms with E-state index in [1.54, 1.807) is 23.9 Å². The number of nitrogens with zero attached hydrogens (tertiary/aromatic N) is 2. The van der Waals surface area contributed by atoms with Crippen LogP contribution in [-0.4, -0.2) is 71.0 Å². The summed E-state index contributed by atoms with van der Waals surface area (Å²) >= 11 is 1.56. The van der Waals surface area contributed by atoms with E-state index in [1.807, 2.05) is 24.5 Å². The number of carbonyl (C=O) groups excluding carboxylic acids is 4. The Morgan fingerprint density at radius 3 is 2.65 bits per heavy atom. The molecule has 2 aliphatic heterocycles. The number of thioether (sulfide) groups is 1. The minimum atomic E-state index is -0.845. The fraction of sp³-hybridized carbons (Fsp3) is 0.391. The van der Waals surface area contributed by atoms with Crippen LogP contribution in [0.15, 0.2) is 52.0 Å². The summed E-state index contributed by atoms with van der Waals surface area (Å²) in [5, 5.41) is 5.66. The zero-order valence-electron chi connectivity index (χ0n) is 18.7. The molecule has 4 N–H and O–H groups in total. The van der Waals surface area contributed by atoms with Gasteiger partial charge in [0, 0.05) is 23.7 Å². The third-order valence-electron chi connectivity index (χ3n) is 6.11. The minimum absolute atomic E-state index is 0.102. The zero-order chi connectivity index (χ0) is 24.2. The van der Waals surface area contributed by atoms with Gasteiger partial charge in [-0.05, 0) is 55.9 Å². The maximum absolute atomic E-state index is 13.4. The standard InChI is InChI=1S/C23H27N5O5S/c1-34-16-6-2-5-14(11-16)25-23(32)26-15-12-18(21(30)27-9-3-7-17(27)20(24)29)28(13-15)22(31)19-8-4-10-33-19/h2,4-6,8,10-11,15,17-18H,3,7,9,12-13H2,1H3,(H2,24,29)(H2,25,26,32)/t15-,17+,18-/m0/s1. The summed E-state index contributed by atoms with van der Waals surface area (Å²) in [5.41, 5.74) is 6.13. The predicted octanol–water partition coefficient (Wildman–Crippen LogP) is 1.88. The third-order valence-corrected chi connectivity index (χ3v) is 6.83. The highest BCUT2D eigenvalue weighted by Crippen LogP contribution is 2.27. The fourth-order valence-electron chi connectivity index (χ4n) is 4.51. The summed E-state index contributed by atoms with van der Waals surface area (Å²) in [6.45, 7) is 0.527. The van der Waals surface area contributed by atoms with E-state index in [2.05, 4.69) is 10.6 Å². The molecule has 1 aromatic heterocycles. The van der Waals surface area contributed by atoms with Gasteiger partial charge in [0.15, 0.2) is 5.76 Å². The van der Waals surface area contributed by atoms with Crippen molar-refractivity contribution in [1.29, 1.82) is 0 Å². The van der Waals surface area contributed by atoms with Gasteiger partial charge in [0.1, 0.15) is 12.1 Å². The second-order valence-corrected chi connectivity index (χ2v) is 9.19. The van der Waals surface area contributed by atoms with E-state index in [0.29, 0.717) is 25.1 Å². The number of likely N-dealkylation sites (tertiary alicyclic amines) is 2. The number of hydrogen-bond donors (Lipinski definition) is 3. The lowest BCUT2D eigenvalue weighted by Gasteiger charge is -2.29. The highest BCUT2D eigenvalue weighted by molar-refractivity contribution is 7.98. The number of urea groups is 1. The first kappa shape index (κ1) is 23.7. The van der Waals surface area contributed by atoms with Gasteiger partial charge in [0.05, 0.1) is 12.3 Å². The van der Waals surface area contributed by atoms with E-state index in [4.69, 9.17) is 10.2 Å². The largest absolute Gasteiger partial charge is 0.459 e. The van der Waals surface area contributed by atoms with Gasteiger partial charge >= 0.3 is 6.03 Å². The third kappa shape index (κ3) is 5.04. The van der Waals surface area contributed by atoms with Crippen LogP contribution in [0.3, 0.4) is 0 Å². The maximum atomic E-state index is 13.4. The van der Waals surface area contributed by atoms with Crippen molar-refractivity contribution in [2.24, 2.45) is 5.73 Å². The van der Waals surface area contributed by atoms with Crippen LogP contribution in [0.25, 0.3) is 0 Å². The van der Waals surface area contributed by atoms with Crippen molar-refractivity contribution in [2.45, 2.75) is 42.3 Å². The Morgan fingerprint density at radius 2 is 1.94 bits per heavy atom. The van der Waals surface area contributed by atoms with Crippen LogP contribution in [0.4, 0.5) is 10.5 Å². The fourth-order valence-corrected chi connectivity index (χ4v) is 4.97. The second kappa shape index (κ2) is 10.2. The molecule has 0 saturated carbocycles. The number of anilines is 1. The topological polar surface area (TPSA) is 138 Å². The number of carbonyl (C=O) groups is 4. The van der Waals surface area contributed by atoms with Gasteiger partial charge < -0.3 is 30.6 Å². The number of rotatable bonds is 6. The van der Waals surface area contributed by atoms with Crippen molar-refractivity contribution in [3.8, 4) is 0 Å². The first-order chi connectivity index (χ1) is 16.4. The molecule has 2 saturated heterocycles. The first-order valence-electron chi connectivity index (χ1n) is 11.0. The van der Waals surface area contributed by atoms with Crippen LogP contribution in [0.5, 0.6) is 0 Å². The Morgan fingerprint density at radius 1 is 1.12 bits per heavy atom. The smallest absolute Gasteiger partial charge is 0.319 e. The summed E-state index contributed by atoms with van der Waals surface area (Å²) in [4.78, 5) is 54.8. The molecule has 2 aromatic rings. The van der Waals surface area contributed by atoms with Crippen molar-refractivity contribution in [3.05, 3.63) is 48.4 Å². The summed E-state index contributed by atoms with van der Waals surface area (Å²) in [6, 6.07) is 8.11. The number of primary amides is 1. The van der Waals surface area contributed by atoms with Crippen LogP contribution in [-0.2, 0) is 9.59 Å². The first-order valence-corrected chi connectivity index (χ1v) is 12.3. The Kier molecular flexibility index (Phi) is 7.11. The molecular weight excluding hydrogens is 458 g/mol. The van der Waals surface area contributed by atoms with Crippen LogP contribution in [0.1, 0.15) is 29.8 Å². The van der Waals surface area contributed by atoms with E-state index in [1.165, 1.54) is 22.1 Å². The van der Waals surface area contributed by atoms with Crippen molar-refractivity contribution in [3.63, 3.8) is 0 Å². The summed E-state index contributed by atoms with van der Waals surface area (Å²) in [6.07, 6.45) is 4.71. The lowest BCUT2D eigenvalue weighted by Crippen LogP contribution is -2.52. The van der Waals surface area contributed by atoms with Crippen molar-refractivity contribution >= 4 is 41.2 Å². The number of nitrogens with two attached hydrogens (primary N) is 1. The number of nitrogens with one attached hydrogen (secondary N) is 2. The molecule has 34 heavy (non-hydrogen) atoms. The van der Waals surface area contributed by atoms with Gasteiger partial charge in [-0.15, -0.1) is 11.8 Å². The quantitative estimate of drug-likeness (QED) is 0.534. The van der Waals surface area contributed by atoms with Crippen LogP contribution < -0.4 is 16.4 Å². The molecular formula is C23H27N5O5S. The van der Waals surface area contributed by atoms with Gasteiger partial charge in [-0.1, -0.05) is 6.07 Å². The molecule has 3 atom stereocenters. The number of amides is 5. The van der Waals surface area contributed by atoms with Gasteiger partial charge in [0.25, 0.3) is 5.91 Å². The van der Waals surface area contributed by atoms with E-state index in [-0.39, 0.29) is 24.6 Å². The van der Waals surface area contributed by atoms with Gasteiger partial charge in [-0.25, -0.2) is 4.79 Å². The molecule has 1 aromatic carbocycles. The monoisotopic (exact) mass is 485 g/mol. The molecule has 11 heteroatoms. The summed E-state index contributed by atoms with van der Waals surface area (Å²) < 4.78 is 5.25. The maximum Gasteiger partial charge on any atom is 0.319 e. The number of furan rings is 1. The second-order valence-electron chi connectivity index (χ2n) is 8.31. The Hall–Kier alpha value is -3.47. The van der Waals surface area contributed by atoms with E-state index in [9.17, 15) is 19.2 Å². The van der Waals surface area contributed by atoms with Crippen LogP contribution >= 0.6 is 11.8 Å². The highest BCUT2D eigenvalue weighted by Gasteiger charge is 2.45. The van der Waals surface area contributed by atoms with Gasteiger partial charge in [-0.3, -0.25) is 14.4 Å². The minimum Gasteiger partial charge on any atom is -0.459 e. The number of hydrogen-bond acceptors (Lipinski definition) is 6. The van der Waals surface area contributed by atoms with Crippen molar-refractivity contribution in [2.75, 3.05) is 24.7 Å². The Labute approximate surface area is 201 Å². The average molecular weight is 486 g/mol. The zero-order valence-corrected chi connectivity index (χ0v) is 19.5. The Balaban J connectivity index is 1.49. The number of benzene rings is 1. The lowest BCUT2D eigenvalue weighted by atomic mass is 10.1. The molecule has 0 radical (unpaired) electrons. The molecule has 0 unspecified atom stereocenters. The molecule has 2 aliphatic rings.